The molecule has 0 radical (unpaired) electrons. The van der Waals surface area contributed by atoms with E-state index in [1.807, 2.05) is 91.0 Å². The van der Waals surface area contributed by atoms with Gasteiger partial charge in [-0.3, -0.25) is 9.59 Å². The molecule has 6 heteroatoms. The number of likely N-dealkylation sites (N-methyl/N-ethyl adjacent to an activating group) is 1. The molecule has 1 N–H and O–H groups in total. The number of ether oxygens (including phenoxy) is 1. The normalized spacial score (nSPS) is 11.6. The Morgan fingerprint density at radius 1 is 0.886 bits per heavy atom. The van der Waals surface area contributed by atoms with Crippen LogP contribution in [0.4, 0.5) is 0 Å². The van der Waals surface area contributed by atoms with Crippen LogP contribution in [-0.4, -0.2) is 36.4 Å². The summed E-state index contributed by atoms with van der Waals surface area (Å²) >= 11 is 6.42. The number of carbonyl (C=O) groups is 2. The standard InChI is InChI=1S/C29H27ClN2O3/c1-31-29(34)26(18-21-10-3-2-4-11-21)32(19-23-13-6-8-16-25(23)30)28(33)20-35-27-17-9-14-22-12-5-7-15-24(22)27/h2-17,26H,18-20H2,1H3,(H,31,34)/t26-/m0/s1. The second-order valence-electron chi connectivity index (χ2n) is 8.20. The molecule has 4 aromatic carbocycles. The fourth-order valence-electron chi connectivity index (χ4n) is 4.07. The SMILES string of the molecule is CNC(=O)[C@H](Cc1ccccc1)N(Cc1ccccc1Cl)C(=O)COc1cccc2ccccc12. The van der Waals surface area contributed by atoms with Crippen LogP contribution in [0, 0.1) is 0 Å². The molecule has 2 amide bonds. The second-order valence-corrected chi connectivity index (χ2v) is 8.61. The number of carbonyl (C=O) groups excluding carboxylic acids is 2. The van der Waals surface area contributed by atoms with Crippen LogP contribution in [0.3, 0.4) is 0 Å². The minimum atomic E-state index is -0.734. The molecule has 0 saturated carbocycles. The monoisotopic (exact) mass is 486 g/mol. The lowest BCUT2D eigenvalue weighted by Gasteiger charge is -2.31. The van der Waals surface area contributed by atoms with Crippen LogP contribution in [0.15, 0.2) is 97.1 Å². The van der Waals surface area contributed by atoms with Crippen LogP contribution < -0.4 is 10.1 Å². The van der Waals surface area contributed by atoms with Gasteiger partial charge < -0.3 is 15.0 Å². The van der Waals surface area contributed by atoms with Gasteiger partial charge >= 0.3 is 0 Å². The topological polar surface area (TPSA) is 58.6 Å². The number of nitrogens with one attached hydrogen (secondary N) is 1. The summed E-state index contributed by atoms with van der Waals surface area (Å²) in [6.07, 6.45) is 0.366. The molecule has 0 saturated heterocycles. The predicted octanol–water partition coefficient (Wildman–Crippen LogP) is 5.26. The first-order valence-electron chi connectivity index (χ1n) is 11.5. The van der Waals surface area contributed by atoms with E-state index < -0.39 is 6.04 Å². The van der Waals surface area contributed by atoms with Gasteiger partial charge in [0.25, 0.3) is 5.91 Å². The number of benzene rings is 4. The molecular formula is C29H27ClN2O3. The summed E-state index contributed by atoms with van der Waals surface area (Å²) in [6, 6.07) is 29.8. The second kappa shape index (κ2) is 11.5. The maximum Gasteiger partial charge on any atom is 0.261 e. The Morgan fingerprint density at radius 2 is 1.57 bits per heavy atom. The quantitative estimate of drug-likeness (QED) is 0.351. The van der Waals surface area contributed by atoms with Crippen molar-refractivity contribution >= 4 is 34.2 Å². The van der Waals surface area contributed by atoms with Gasteiger partial charge in [0.1, 0.15) is 11.8 Å². The van der Waals surface area contributed by atoms with Crippen molar-refractivity contribution in [3.8, 4) is 5.75 Å². The third-order valence-electron chi connectivity index (χ3n) is 5.92. The minimum Gasteiger partial charge on any atom is -0.483 e. The van der Waals surface area contributed by atoms with Crippen molar-refractivity contribution in [2.75, 3.05) is 13.7 Å². The van der Waals surface area contributed by atoms with Gasteiger partial charge in [0, 0.05) is 30.4 Å². The van der Waals surface area contributed by atoms with E-state index in [1.165, 1.54) is 0 Å². The van der Waals surface area contributed by atoms with Gasteiger partial charge in [-0.15, -0.1) is 0 Å². The summed E-state index contributed by atoms with van der Waals surface area (Å²) in [7, 11) is 1.57. The molecule has 5 nitrogen and oxygen atoms in total. The van der Waals surface area contributed by atoms with Crippen molar-refractivity contribution < 1.29 is 14.3 Å². The van der Waals surface area contributed by atoms with E-state index in [0.717, 1.165) is 21.9 Å². The van der Waals surface area contributed by atoms with E-state index >= 15 is 0 Å². The smallest absolute Gasteiger partial charge is 0.261 e. The molecule has 0 bridgehead atoms. The van der Waals surface area contributed by atoms with Crippen LogP contribution in [-0.2, 0) is 22.6 Å². The molecule has 1 atom stereocenters. The molecule has 0 spiro atoms. The zero-order valence-electron chi connectivity index (χ0n) is 19.5. The molecule has 4 aromatic rings. The zero-order valence-corrected chi connectivity index (χ0v) is 20.2. The molecule has 0 aromatic heterocycles. The Hall–Kier alpha value is -3.83. The summed E-state index contributed by atoms with van der Waals surface area (Å²) in [5.41, 5.74) is 1.71. The Kier molecular flexibility index (Phi) is 8.01. The van der Waals surface area contributed by atoms with Crippen LogP contribution in [0.5, 0.6) is 5.75 Å². The van der Waals surface area contributed by atoms with Crippen LogP contribution in [0.2, 0.25) is 5.02 Å². The molecular weight excluding hydrogens is 460 g/mol. The first-order valence-corrected chi connectivity index (χ1v) is 11.8. The maximum atomic E-state index is 13.6. The summed E-state index contributed by atoms with van der Waals surface area (Å²) < 4.78 is 5.99. The van der Waals surface area contributed by atoms with Crippen molar-refractivity contribution in [3.63, 3.8) is 0 Å². The first-order chi connectivity index (χ1) is 17.1. The molecule has 0 aliphatic rings. The highest BCUT2D eigenvalue weighted by Crippen LogP contribution is 2.26. The van der Waals surface area contributed by atoms with E-state index in [9.17, 15) is 9.59 Å². The maximum absolute atomic E-state index is 13.6. The van der Waals surface area contributed by atoms with E-state index in [4.69, 9.17) is 16.3 Å². The molecule has 0 fully saturated rings. The van der Waals surface area contributed by atoms with E-state index in [0.29, 0.717) is 17.2 Å². The lowest BCUT2D eigenvalue weighted by molar-refractivity contribution is -0.142. The lowest BCUT2D eigenvalue weighted by Crippen LogP contribution is -2.51. The first kappa shape index (κ1) is 24.3. The minimum absolute atomic E-state index is 0.183. The third-order valence-corrected chi connectivity index (χ3v) is 6.29. The van der Waals surface area contributed by atoms with E-state index in [-0.39, 0.29) is 25.0 Å². The fraction of sp³-hybridized carbons (Fsp3) is 0.172. The van der Waals surface area contributed by atoms with Gasteiger partial charge in [-0.2, -0.15) is 0 Å². The Balaban J connectivity index is 1.63. The highest BCUT2D eigenvalue weighted by atomic mass is 35.5. The van der Waals surface area contributed by atoms with Crippen molar-refractivity contribution in [2.45, 2.75) is 19.0 Å². The number of fused-ring (bicyclic) bond motifs is 1. The third kappa shape index (κ3) is 6.00. The zero-order chi connectivity index (χ0) is 24.6. The van der Waals surface area contributed by atoms with Gasteiger partial charge in [-0.25, -0.2) is 0 Å². The number of halogens is 1. The highest BCUT2D eigenvalue weighted by Gasteiger charge is 2.30. The number of rotatable bonds is 9. The molecule has 178 valence electrons. The summed E-state index contributed by atoms with van der Waals surface area (Å²) in [5.74, 6) is 0.0653. The average Bonchev–Trinajstić information content (AvgIpc) is 2.90. The van der Waals surface area contributed by atoms with Crippen molar-refractivity contribution in [1.29, 1.82) is 0 Å². The molecule has 0 aliphatic carbocycles. The van der Waals surface area contributed by atoms with Crippen LogP contribution >= 0.6 is 11.6 Å². The number of amides is 2. The molecule has 4 rings (SSSR count). The number of nitrogens with zero attached hydrogens (tertiary/aromatic N) is 1. The van der Waals surface area contributed by atoms with Crippen molar-refractivity contribution in [2.24, 2.45) is 0 Å². The summed E-state index contributed by atoms with van der Waals surface area (Å²) in [5, 5.41) is 5.20. The largest absolute Gasteiger partial charge is 0.483 e. The van der Waals surface area contributed by atoms with Crippen molar-refractivity contribution in [3.05, 3.63) is 113 Å². The molecule has 0 aliphatic heterocycles. The van der Waals surface area contributed by atoms with Gasteiger partial charge in [-0.1, -0.05) is 96.5 Å². The molecule has 0 unspecified atom stereocenters. The van der Waals surface area contributed by atoms with E-state index in [1.54, 1.807) is 18.0 Å². The molecule has 35 heavy (non-hydrogen) atoms. The molecule has 0 heterocycles. The van der Waals surface area contributed by atoms with Gasteiger partial charge in [-0.05, 0) is 28.6 Å². The Morgan fingerprint density at radius 3 is 2.34 bits per heavy atom. The Labute approximate surface area is 210 Å². The number of hydrogen-bond donors (Lipinski definition) is 1. The van der Waals surface area contributed by atoms with Gasteiger partial charge in [0.2, 0.25) is 5.91 Å². The van der Waals surface area contributed by atoms with Gasteiger partial charge in [0.15, 0.2) is 6.61 Å². The van der Waals surface area contributed by atoms with Crippen LogP contribution in [0.25, 0.3) is 10.8 Å². The highest BCUT2D eigenvalue weighted by molar-refractivity contribution is 6.31. The average molecular weight is 487 g/mol. The van der Waals surface area contributed by atoms with E-state index in [2.05, 4.69) is 5.32 Å². The summed E-state index contributed by atoms with van der Waals surface area (Å²) in [4.78, 5) is 28.2. The summed E-state index contributed by atoms with van der Waals surface area (Å²) in [6.45, 7) is -0.0247. The predicted molar refractivity (Wildman–Crippen MR) is 139 cm³/mol. The number of hydrogen-bond acceptors (Lipinski definition) is 3. The van der Waals surface area contributed by atoms with Crippen molar-refractivity contribution in [1.82, 2.24) is 10.2 Å². The van der Waals surface area contributed by atoms with Gasteiger partial charge in [0.05, 0.1) is 0 Å². The Bertz CT molecular complexity index is 1300. The lowest BCUT2D eigenvalue weighted by atomic mass is 10.0. The van der Waals surface area contributed by atoms with Crippen LogP contribution in [0.1, 0.15) is 11.1 Å². The fourth-order valence-corrected chi connectivity index (χ4v) is 4.27.